The number of nitrogens with one attached hydrogen (secondary N) is 1. The highest BCUT2D eigenvalue weighted by atomic mass is 16.5. The molecule has 1 aromatic carbocycles. The van der Waals surface area contributed by atoms with Crippen LogP contribution in [0.15, 0.2) is 24.3 Å². The zero-order valence-corrected chi connectivity index (χ0v) is 20.1. The number of carbonyl (C=O) groups is 5. The third kappa shape index (κ3) is 6.26. The average molecular weight is 487 g/mol. The first-order valence-corrected chi connectivity index (χ1v) is 11.5. The number of fused-ring (bicyclic) bond motifs is 1. The largest absolute Gasteiger partial charge is 0.467 e. The van der Waals surface area contributed by atoms with Gasteiger partial charge in [0.15, 0.2) is 6.04 Å². The Hall–Kier alpha value is -3.69. The Labute approximate surface area is 203 Å². The Balaban J connectivity index is 1.87. The summed E-state index contributed by atoms with van der Waals surface area (Å²) in [6, 6.07) is 3.00. The van der Waals surface area contributed by atoms with E-state index in [2.05, 4.69) is 16.1 Å². The van der Waals surface area contributed by atoms with Crippen molar-refractivity contribution in [1.29, 1.82) is 0 Å². The monoisotopic (exact) mass is 486 g/mol. The molecule has 1 aromatic rings. The summed E-state index contributed by atoms with van der Waals surface area (Å²) in [5.74, 6) is -3.20. The lowest BCUT2D eigenvalue weighted by atomic mass is 9.89. The van der Waals surface area contributed by atoms with Crippen LogP contribution in [-0.2, 0) is 39.9 Å². The molecule has 0 bridgehead atoms. The lowest BCUT2D eigenvalue weighted by Gasteiger charge is -2.28. The van der Waals surface area contributed by atoms with Crippen LogP contribution < -0.4 is 5.32 Å². The van der Waals surface area contributed by atoms with Gasteiger partial charge in [-0.3, -0.25) is 19.2 Å². The second kappa shape index (κ2) is 11.6. The fourth-order valence-corrected chi connectivity index (χ4v) is 4.27. The van der Waals surface area contributed by atoms with Crippen LogP contribution in [-0.4, -0.2) is 67.0 Å². The summed E-state index contributed by atoms with van der Waals surface area (Å²) in [4.78, 5) is 62.7. The fourth-order valence-electron chi connectivity index (χ4n) is 4.27. The molecule has 2 atom stereocenters. The molecule has 10 nitrogen and oxygen atoms in total. The summed E-state index contributed by atoms with van der Waals surface area (Å²) in [5, 5.41) is 2.46. The number of nitrogens with zero attached hydrogens (tertiary/aromatic N) is 1. The first kappa shape index (κ1) is 25.9. The molecule has 2 amide bonds. The normalized spacial score (nSPS) is 16.5. The van der Waals surface area contributed by atoms with Crippen LogP contribution in [0.4, 0.5) is 0 Å². The summed E-state index contributed by atoms with van der Waals surface area (Å²) in [6.07, 6.45) is 6.28. The Kier molecular flexibility index (Phi) is 8.62. The summed E-state index contributed by atoms with van der Waals surface area (Å²) >= 11 is 0. The van der Waals surface area contributed by atoms with Gasteiger partial charge in [-0.05, 0) is 48.4 Å². The number of esters is 3. The molecular weight excluding hydrogens is 456 g/mol. The van der Waals surface area contributed by atoms with Gasteiger partial charge in [0, 0.05) is 26.0 Å². The van der Waals surface area contributed by atoms with Gasteiger partial charge in [-0.25, -0.2) is 4.79 Å². The zero-order valence-electron chi connectivity index (χ0n) is 20.1. The maximum Gasteiger partial charge on any atom is 0.331 e. The third-order valence-corrected chi connectivity index (χ3v) is 6.01. The minimum atomic E-state index is -1.29. The predicted molar refractivity (Wildman–Crippen MR) is 124 cm³/mol. The van der Waals surface area contributed by atoms with E-state index in [1.807, 2.05) is 12.1 Å². The lowest BCUT2D eigenvalue weighted by molar-refractivity contribution is -0.153. The number of carbonyl (C=O) groups excluding carboxylic acids is 5. The van der Waals surface area contributed by atoms with E-state index < -0.39 is 49.1 Å². The summed E-state index contributed by atoms with van der Waals surface area (Å²) in [7, 11) is 1.13. The number of hydrogen-bond donors (Lipinski definition) is 1. The van der Waals surface area contributed by atoms with E-state index in [-0.39, 0.29) is 12.5 Å². The lowest BCUT2D eigenvalue weighted by Crippen LogP contribution is -2.55. The number of methoxy groups -OCH3 is 1. The minimum Gasteiger partial charge on any atom is -0.467 e. The molecule has 0 fully saturated rings. The molecule has 35 heavy (non-hydrogen) atoms. The van der Waals surface area contributed by atoms with E-state index in [1.54, 1.807) is 6.07 Å². The zero-order chi connectivity index (χ0) is 25.5. The molecule has 0 radical (unpaired) electrons. The molecule has 0 saturated heterocycles. The highest BCUT2D eigenvalue weighted by Gasteiger charge is 2.39. The molecule has 1 N–H and O–H groups in total. The van der Waals surface area contributed by atoms with Gasteiger partial charge in [0.05, 0.1) is 7.11 Å². The summed E-state index contributed by atoms with van der Waals surface area (Å²) in [5.41, 5.74) is 3.46. The van der Waals surface area contributed by atoms with Crippen molar-refractivity contribution in [2.75, 3.05) is 20.3 Å². The van der Waals surface area contributed by atoms with Crippen molar-refractivity contribution in [2.45, 2.75) is 58.2 Å². The average Bonchev–Trinajstić information content (AvgIpc) is 3.17. The van der Waals surface area contributed by atoms with Gasteiger partial charge in [-0.1, -0.05) is 18.2 Å². The maximum atomic E-state index is 13.3. The van der Waals surface area contributed by atoms with Gasteiger partial charge in [0.2, 0.25) is 5.91 Å². The quantitative estimate of drug-likeness (QED) is 0.413. The molecule has 2 aliphatic rings. The van der Waals surface area contributed by atoms with Gasteiger partial charge in [-0.15, -0.1) is 0 Å². The van der Waals surface area contributed by atoms with Crippen LogP contribution in [0.2, 0.25) is 0 Å². The highest BCUT2D eigenvalue weighted by Crippen LogP contribution is 2.35. The van der Waals surface area contributed by atoms with Crippen molar-refractivity contribution in [3.63, 3.8) is 0 Å². The van der Waals surface area contributed by atoms with Crippen molar-refractivity contribution in [3.8, 4) is 0 Å². The molecule has 10 heteroatoms. The van der Waals surface area contributed by atoms with Gasteiger partial charge in [0.25, 0.3) is 5.91 Å². The van der Waals surface area contributed by atoms with Gasteiger partial charge < -0.3 is 24.4 Å². The van der Waals surface area contributed by atoms with Crippen LogP contribution in [0, 0.1) is 0 Å². The van der Waals surface area contributed by atoms with E-state index >= 15 is 0 Å². The van der Waals surface area contributed by atoms with Crippen LogP contribution in [0.3, 0.4) is 0 Å². The fraction of sp³-hybridized carbons (Fsp3) is 0.480. The number of rotatable bonds is 9. The van der Waals surface area contributed by atoms with Crippen molar-refractivity contribution in [1.82, 2.24) is 10.2 Å². The third-order valence-electron chi connectivity index (χ3n) is 6.01. The second-order valence-corrected chi connectivity index (χ2v) is 8.45. The Morgan fingerprint density at radius 2 is 1.71 bits per heavy atom. The first-order chi connectivity index (χ1) is 16.7. The maximum absolute atomic E-state index is 13.3. The van der Waals surface area contributed by atoms with Crippen molar-refractivity contribution >= 4 is 35.3 Å². The van der Waals surface area contributed by atoms with Gasteiger partial charge in [-0.2, -0.15) is 0 Å². The number of benzene rings is 1. The molecule has 0 aromatic heterocycles. The SMILES string of the molecule is COC(=O)[C@H](COC(C)=O)NC(=O)[C@H](COC(C)=O)N1Cc2c(cccc2C2=CCCCC2)C1=O. The van der Waals surface area contributed by atoms with Crippen LogP contribution >= 0.6 is 0 Å². The van der Waals surface area contributed by atoms with E-state index in [1.165, 1.54) is 24.3 Å². The van der Waals surface area contributed by atoms with E-state index in [0.717, 1.165) is 43.9 Å². The van der Waals surface area contributed by atoms with Crippen molar-refractivity contribution in [3.05, 3.63) is 41.0 Å². The molecule has 1 heterocycles. The van der Waals surface area contributed by atoms with Crippen LogP contribution in [0.1, 0.15) is 61.0 Å². The van der Waals surface area contributed by atoms with Gasteiger partial charge in [0.1, 0.15) is 19.3 Å². The number of allylic oxidation sites excluding steroid dienone is 2. The molecule has 188 valence electrons. The standard InChI is InChI=1S/C25H30N2O8/c1-15(28)34-13-21(25(32)33-3)26-23(30)22(14-35-16(2)29)27-12-20-18(17-8-5-4-6-9-17)10-7-11-19(20)24(27)31/h7-8,10-11,21-22H,4-6,9,12-14H2,1-3H3,(H,26,30)/t21-,22-/m0/s1. The van der Waals surface area contributed by atoms with E-state index in [9.17, 15) is 24.0 Å². The summed E-state index contributed by atoms with van der Waals surface area (Å²) < 4.78 is 14.6. The molecule has 0 saturated carbocycles. The van der Waals surface area contributed by atoms with Crippen molar-refractivity contribution < 1.29 is 38.2 Å². The van der Waals surface area contributed by atoms with E-state index in [0.29, 0.717) is 5.56 Å². The first-order valence-electron chi connectivity index (χ1n) is 11.5. The Morgan fingerprint density at radius 1 is 1.03 bits per heavy atom. The molecule has 1 aliphatic carbocycles. The molecule has 3 rings (SSSR count). The molecule has 1 aliphatic heterocycles. The number of ether oxygens (including phenoxy) is 3. The topological polar surface area (TPSA) is 128 Å². The Bertz CT molecular complexity index is 1050. The van der Waals surface area contributed by atoms with Crippen LogP contribution in [0.25, 0.3) is 5.57 Å². The van der Waals surface area contributed by atoms with E-state index in [4.69, 9.17) is 9.47 Å². The second-order valence-electron chi connectivity index (χ2n) is 8.45. The van der Waals surface area contributed by atoms with Gasteiger partial charge >= 0.3 is 17.9 Å². The summed E-state index contributed by atoms with van der Waals surface area (Å²) in [6.45, 7) is 1.66. The number of amides is 2. The Morgan fingerprint density at radius 3 is 2.34 bits per heavy atom. The van der Waals surface area contributed by atoms with Crippen molar-refractivity contribution in [2.24, 2.45) is 0 Å². The minimum absolute atomic E-state index is 0.147. The number of hydrogen-bond acceptors (Lipinski definition) is 8. The molecule has 0 spiro atoms. The predicted octanol–water partition coefficient (Wildman–Crippen LogP) is 1.75. The smallest absolute Gasteiger partial charge is 0.331 e. The molecular formula is C25H30N2O8. The van der Waals surface area contributed by atoms with Crippen LogP contribution in [0.5, 0.6) is 0 Å². The molecule has 0 unspecified atom stereocenters. The highest BCUT2D eigenvalue weighted by molar-refractivity contribution is 6.02.